The molecule has 0 bridgehead atoms. The van der Waals surface area contributed by atoms with E-state index in [1.807, 2.05) is 61.5 Å². The van der Waals surface area contributed by atoms with Crippen LogP contribution in [0.1, 0.15) is 31.6 Å². The minimum atomic E-state index is -0.250. The van der Waals surface area contributed by atoms with E-state index in [0.29, 0.717) is 0 Å². The van der Waals surface area contributed by atoms with Crippen molar-refractivity contribution >= 4 is 33.6 Å². The molecule has 1 N–H and O–H groups in total. The Morgan fingerprint density at radius 3 is 2.90 bits per heavy atom. The number of carbonyl (C=O) groups is 1. The summed E-state index contributed by atoms with van der Waals surface area (Å²) >= 11 is 0. The first-order valence-electron chi connectivity index (χ1n) is 9.96. The van der Waals surface area contributed by atoms with Crippen molar-refractivity contribution in [3.8, 4) is 0 Å². The Balaban J connectivity index is 1.38. The number of benzene rings is 2. The Labute approximate surface area is 168 Å². The van der Waals surface area contributed by atoms with Gasteiger partial charge in [-0.2, -0.15) is 0 Å². The summed E-state index contributed by atoms with van der Waals surface area (Å²) in [6.45, 7) is 2.76. The Morgan fingerprint density at radius 2 is 2.00 bits per heavy atom. The predicted molar refractivity (Wildman–Crippen MR) is 113 cm³/mol. The maximum absolute atomic E-state index is 13.1. The number of nitrogens with one attached hydrogen (secondary N) is 1. The van der Waals surface area contributed by atoms with Crippen molar-refractivity contribution in [1.82, 2.24) is 15.3 Å². The highest BCUT2D eigenvalue weighted by atomic mass is 16.3. The lowest BCUT2D eigenvalue weighted by Crippen LogP contribution is -2.44. The molecule has 29 heavy (non-hydrogen) atoms. The zero-order chi connectivity index (χ0) is 19.8. The topological polar surface area (TPSA) is 71.3 Å². The lowest BCUT2D eigenvalue weighted by molar-refractivity contribution is -0.123. The summed E-state index contributed by atoms with van der Waals surface area (Å²) in [5.74, 6) is 1.58. The Morgan fingerprint density at radius 1 is 1.17 bits per heavy atom. The second kappa shape index (κ2) is 7.20. The molecule has 2 aromatic heterocycles. The van der Waals surface area contributed by atoms with Crippen molar-refractivity contribution in [2.75, 3.05) is 11.4 Å². The van der Waals surface area contributed by atoms with Gasteiger partial charge in [-0.05, 0) is 44.0 Å². The number of rotatable bonds is 4. The number of hydrogen-bond donors (Lipinski definition) is 1. The number of para-hydroxylation sites is 2. The molecule has 0 saturated carbocycles. The number of furan rings is 1. The lowest BCUT2D eigenvalue weighted by atomic mass is 10.1. The molecule has 4 aromatic rings. The molecule has 0 aliphatic carbocycles. The van der Waals surface area contributed by atoms with E-state index in [2.05, 4.69) is 20.2 Å². The molecule has 0 radical (unpaired) electrons. The van der Waals surface area contributed by atoms with E-state index in [-0.39, 0.29) is 18.0 Å². The Bertz CT molecular complexity index is 1150. The van der Waals surface area contributed by atoms with Crippen LogP contribution in [0, 0.1) is 0 Å². The third kappa shape index (κ3) is 3.20. The number of hydrogen-bond acceptors (Lipinski definition) is 5. The number of anilines is 1. The molecule has 1 aliphatic rings. The van der Waals surface area contributed by atoms with Crippen molar-refractivity contribution in [3.63, 3.8) is 0 Å². The maximum Gasteiger partial charge on any atom is 0.243 e. The molecule has 1 aliphatic heterocycles. The van der Waals surface area contributed by atoms with Crippen LogP contribution in [0.2, 0.25) is 0 Å². The average molecular weight is 386 g/mol. The molecule has 5 rings (SSSR count). The number of nitrogens with zero attached hydrogens (tertiary/aromatic N) is 3. The Hall–Kier alpha value is -3.41. The van der Waals surface area contributed by atoms with Crippen molar-refractivity contribution in [2.45, 2.75) is 31.8 Å². The summed E-state index contributed by atoms with van der Waals surface area (Å²) in [5.41, 5.74) is 1.72. The van der Waals surface area contributed by atoms with Crippen LogP contribution in [0.15, 0.2) is 65.3 Å². The first-order chi connectivity index (χ1) is 14.2. The normalized spacial score (nSPS) is 17.7. The van der Waals surface area contributed by atoms with Crippen LogP contribution < -0.4 is 10.2 Å². The molecule has 6 heteroatoms. The van der Waals surface area contributed by atoms with Gasteiger partial charge < -0.3 is 14.6 Å². The van der Waals surface area contributed by atoms with Crippen LogP contribution in [-0.2, 0) is 4.79 Å². The molecule has 2 aromatic carbocycles. The van der Waals surface area contributed by atoms with E-state index in [4.69, 9.17) is 4.42 Å². The molecule has 2 atom stereocenters. The van der Waals surface area contributed by atoms with Crippen LogP contribution in [-0.4, -0.2) is 28.5 Å². The second-order valence-corrected chi connectivity index (χ2v) is 7.48. The summed E-state index contributed by atoms with van der Waals surface area (Å²) in [6.07, 6.45) is 3.33. The highest BCUT2D eigenvalue weighted by molar-refractivity contribution is 5.93. The molecule has 3 heterocycles. The van der Waals surface area contributed by atoms with Gasteiger partial charge in [-0.1, -0.05) is 30.3 Å². The van der Waals surface area contributed by atoms with Gasteiger partial charge in [0.2, 0.25) is 5.91 Å². The SMILES string of the molecule is C[C@H](NC(=O)[C@H]1CCCN1c1ncnc2ccccc12)c1cc2ccccc2o1. The fraction of sp³-hybridized carbons (Fsp3) is 0.261. The van der Waals surface area contributed by atoms with Crippen LogP contribution >= 0.6 is 0 Å². The van der Waals surface area contributed by atoms with Gasteiger partial charge in [-0.25, -0.2) is 9.97 Å². The van der Waals surface area contributed by atoms with Crippen molar-refractivity contribution < 1.29 is 9.21 Å². The zero-order valence-corrected chi connectivity index (χ0v) is 16.2. The quantitative estimate of drug-likeness (QED) is 0.568. The summed E-state index contributed by atoms with van der Waals surface area (Å²) in [6, 6.07) is 17.3. The largest absolute Gasteiger partial charge is 0.459 e. The fourth-order valence-corrected chi connectivity index (χ4v) is 4.11. The number of amides is 1. The third-order valence-electron chi connectivity index (χ3n) is 5.58. The van der Waals surface area contributed by atoms with Gasteiger partial charge in [-0.15, -0.1) is 0 Å². The first-order valence-corrected chi connectivity index (χ1v) is 9.96. The summed E-state index contributed by atoms with van der Waals surface area (Å²) in [4.78, 5) is 24.1. The van der Waals surface area contributed by atoms with Crippen LogP contribution in [0.25, 0.3) is 21.9 Å². The molecule has 1 fully saturated rings. The van der Waals surface area contributed by atoms with Gasteiger partial charge in [0.15, 0.2) is 0 Å². The van der Waals surface area contributed by atoms with E-state index in [9.17, 15) is 4.79 Å². The van der Waals surface area contributed by atoms with Gasteiger partial charge in [0.05, 0.1) is 11.6 Å². The molecular weight excluding hydrogens is 364 g/mol. The standard InChI is InChI=1S/C23H22N4O2/c1-15(21-13-16-7-2-5-11-20(16)29-21)26-23(28)19-10-6-12-27(19)22-17-8-3-4-9-18(17)24-14-25-22/h2-5,7-9,11,13-15,19H,6,10,12H2,1H3,(H,26,28)/t15-,19+/m0/s1. The molecule has 0 spiro atoms. The highest BCUT2D eigenvalue weighted by Gasteiger charge is 2.33. The summed E-state index contributed by atoms with van der Waals surface area (Å²) in [5, 5.41) is 5.14. The summed E-state index contributed by atoms with van der Waals surface area (Å²) < 4.78 is 5.91. The van der Waals surface area contributed by atoms with E-state index >= 15 is 0 Å². The number of fused-ring (bicyclic) bond motifs is 2. The number of carbonyl (C=O) groups excluding carboxylic acids is 1. The van der Waals surface area contributed by atoms with E-state index in [1.165, 1.54) is 0 Å². The van der Waals surface area contributed by atoms with Crippen molar-refractivity contribution in [1.29, 1.82) is 0 Å². The van der Waals surface area contributed by atoms with Gasteiger partial charge >= 0.3 is 0 Å². The molecule has 6 nitrogen and oxygen atoms in total. The third-order valence-corrected chi connectivity index (χ3v) is 5.58. The van der Waals surface area contributed by atoms with Crippen LogP contribution in [0.4, 0.5) is 5.82 Å². The molecule has 1 saturated heterocycles. The molecule has 0 unspecified atom stereocenters. The highest BCUT2D eigenvalue weighted by Crippen LogP contribution is 2.30. The minimum absolute atomic E-state index is 0.00171. The predicted octanol–water partition coefficient (Wildman–Crippen LogP) is 4.22. The first kappa shape index (κ1) is 17.7. The molecule has 146 valence electrons. The van der Waals surface area contributed by atoms with Gasteiger partial charge in [0.25, 0.3) is 0 Å². The smallest absolute Gasteiger partial charge is 0.243 e. The Kier molecular flexibility index (Phi) is 4.39. The summed E-state index contributed by atoms with van der Waals surface area (Å²) in [7, 11) is 0. The lowest BCUT2D eigenvalue weighted by Gasteiger charge is -2.26. The monoisotopic (exact) mass is 386 g/mol. The fourth-order valence-electron chi connectivity index (χ4n) is 4.11. The van der Waals surface area contributed by atoms with Crippen molar-refractivity contribution in [3.05, 3.63) is 66.7 Å². The van der Waals surface area contributed by atoms with E-state index in [0.717, 1.165) is 52.8 Å². The zero-order valence-electron chi connectivity index (χ0n) is 16.2. The minimum Gasteiger partial charge on any atom is -0.459 e. The van der Waals surface area contributed by atoms with E-state index < -0.39 is 0 Å². The van der Waals surface area contributed by atoms with Crippen LogP contribution in [0.3, 0.4) is 0 Å². The number of aromatic nitrogens is 2. The molecule has 1 amide bonds. The van der Waals surface area contributed by atoms with Gasteiger partial charge in [-0.3, -0.25) is 4.79 Å². The van der Waals surface area contributed by atoms with Gasteiger partial charge in [0.1, 0.15) is 29.5 Å². The average Bonchev–Trinajstić information content (AvgIpc) is 3.40. The molecular formula is C23H22N4O2. The maximum atomic E-state index is 13.1. The van der Waals surface area contributed by atoms with Crippen LogP contribution in [0.5, 0.6) is 0 Å². The van der Waals surface area contributed by atoms with E-state index in [1.54, 1.807) is 6.33 Å². The van der Waals surface area contributed by atoms with Gasteiger partial charge in [0, 0.05) is 17.3 Å². The van der Waals surface area contributed by atoms with Crippen molar-refractivity contribution in [2.24, 2.45) is 0 Å². The second-order valence-electron chi connectivity index (χ2n) is 7.48.